The van der Waals surface area contributed by atoms with Gasteiger partial charge in [-0.25, -0.2) is 4.98 Å². The van der Waals surface area contributed by atoms with Gasteiger partial charge < -0.3 is 5.73 Å². The van der Waals surface area contributed by atoms with Crippen LogP contribution in [0.5, 0.6) is 0 Å². The van der Waals surface area contributed by atoms with E-state index < -0.39 is 0 Å². The van der Waals surface area contributed by atoms with Gasteiger partial charge in [-0.1, -0.05) is 42.5 Å². The number of nitrogens with zero attached hydrogens (tertiary/aromatic N) is 1. The van der Waals surface area contributed by atoms with Crippen LogP contribution in [0.25, 0.3) is 0 Å². The van der Waals surface area contributed by atoms with Gasteiger partial charge in [0, 0.05) is 6.42 Å². The zero-order valence-corrected chi connectivity index (χ0v) is 11.4. The van der Waals surface area contributed by atoms with Crippen molar-refractivity contribution in [1.29, 1.82) is 0 Å². The molecule has 0 aliphatic heterocycles. The number of aromatic nitrogens is 1. The van der Waals surface area contributed by atoms with Crippen LogP contribution in [0.2, 0.25) is 0 Å². The topological polar surface area (TPSA) is 38.9 Å². The Hall–Kier alpha value is -0.870. The summed E-state index contributed by atoms with van der Waals surface area (Å²) < 4.78 is 1.03. The van der Waals surface area contributed by atoms with Gasteiger partial charge >= 0.3 is 0 Å². The van der Waals surface area contributed by atoms with Gasteiger partial charge in [-0.2, -0.15) is 0 Å². The molecule has 0 aliphatic rings. The second kappa shape index (κ2) is 4.97. The van der Waals surface area contributed by atoms with E-state index in [9.17, 15) is 0 Å². The number of aryl methyl sites for hydroxylation is 1. The molecule has 0 unspecified atom stereocenters. The fourth-order valence-corrected chi connectivity index (χ4v) is 2.85. The molecule has 1 aromatic heterocycles. The lowest BCUT2D eigenvalue weighted by molar-refractivity contribution is 1.08. The van der Waals surface area contributed by atoms with Gasteiger partial charge in [0.1, 0.15) is 0 Å². The van der Waals surface area contributed by atoms with Crippen LogP contribution in [0.15, 0.2) is 28.1 Å². The molecule has 16 heavy (non-hydrogen) atoms. The normalized spacial score (nSPS) is 10.6. The summed E-state index contributed by atoms with van der Waals surface area (Å²) in [5, 5.41) is 0.618. The number of nitrogen functional groups attached to an aromatic ring is 1. The molecule has 0 bridgehead atoms. The lowest BCUT2D eigenvalue weighted by Crippen LogP contribution is -1.91. The zero-order valence-electron chi connectivity index (χ0n) is 9.03. The molecule has 2 nitrogen and oxygen atoms in total. The first-order chi connectivity index (χ1) is 7.69. The summed E-state index contributed by atoms with van der Waals surface area (Å²) in [7, 11) is 0. The standard InChI is InChI=1S/C12H13BrN2S/c1-2-8-3-5-9(6-4-8)7-10-11(13)16-12(14)15-10/h3-6H,2,7H2,1H3,(H2,14,15). The minimum atomic E-state index is 0.618. The SMILES string of the molecule is CCc1ccc(Cc2nc(N)sc2Br)cc1. The number of anilines is 1. The van der Waals surface area contributed by atoms with E-state index in [1.807, 2.05) is 0 Å². The van der Waals surface area contributed by atoms with Crippen LogP contribution in [0.3, 0.4) is 0 Å². The van der Waals surface area contributed by atoms with Crippen LogP contribution in [-0.2, 0) is 12.8 Å². The summed E-state index contributed by atoms with van der Waals surface area (Å²) in [6, 6.07) is 8.64. The van der Waals surface area contributed by atoms with E-state index in [1.54, 1.807) is 0 Å². The highest BCUT2D eigenvalue weighted by Crippen LogP contribution is 2.28. The van der Waals surface area contributed by atoms with Crippen molar-refractivity contribution < 1.29 is 0 Å². The van der Waals surface area contributed by atoms with Crippen LogP contribution in [0.1, 0.15) is 23.7 Å². The first kappa shape index (κ1) is 11.6. The summed E-state index contributed by atoms with van der Waals surface area (Å²) in [6.45, 7) is 2.16. The molecular weight excluding hydrogens is 284 g/mol. The third-order valence-corrected chi connectivity index (χ3v) is 4.13. The second-order valence-corrected chi connectivity index (χ2v) is 5.97. The van der Waals surface area contributed by atoms with Gasteiger partial charge in [-0.15, -0.1) is 0 Å². The van der Waals surface area contributed by atoms with E-state index in [-0.39, 0.29) is 0 Å². The Morgan fingerprint density at radius 2 is 1.88 bits per heavy atom. The van der Waals surface area contributed by atoms with Gasteiger partial charge in [0.25, 0.3) is 0 Å². The largest absolute Gasteiger partial charge is 0.375 e. The molecule has 0 radical (unpaired) electrons. The molecule has 2 N–H and O–H groups in total. The Balaban J connectivity index is 2.17. The maximum atomic E-state index is 5.66. The van der Waals surface area contributed by atoms with Crippen molar-refractivity contribution in [3.05, 3.63) is 44.9 Å². The van der Waals surface area contributed by atoms with Crippen molar-refractivity contribution in [3.8, 4) is 0 Å². The molecule has 0 saturated carbocycles. The summed E-state index contributed by atoms with van der Waals surface area (Å²) in [5.74, 6) is 0. The predicted molar refractivity (Wildman–Crippen MR) is 72.9 cm³/mol. The van der Waals surface area contributed by atoms with Gasteiger partial charge in [-0.3, -0.25) is 0 Å². The van der Waals surface area contributed by atoms with E-state index in [2.05, 4.69) is 52.1 Å². The first-order valence-electron chi connectivity index (χ1n) is 5.17. The van der Waals surface area contributed by atoms with Crippen molar-refractivity contribution in [2.45, 2.75) is 19.8 Å². The Morgan fingerprint density at radius 1 is 1.25 bits per heavy atom. The van der Waals surface area contributed by atoms with Crippen LogP contribution in [0.4, 0.5) is 5.13 Å². The zero-order chi connectivity index (χ0) is 11.5. The van der Waals surface area contributed by atoms with Crippen LogP contribution >= 0.6 is 27.3 Å². The molecule has 0 aliphatic carbocycles. The number of hydrogen-bond acceptors (Lipinski definition) is 3. The minimum absolute atomic E-state index is 0.618. The number of nitrogens with two attached hydrogens (primary N) is 1. The molecule has 0 spiro atoms. The minimum Gasteiger partial charge on any atom is -0.375 e. The highest BCUT2D eigenvalue weighted by molar-refractivity contribution is 9.11. The molecule has 0 fully saturated rings. The maximum absolute atomic E-state index is 5.66. The molecule has 0 atom stereocenters. The van der Waals surface area contributed by atoms with Gasteiger partial charge in [0.15, 0.2) is 5.13 Å². The van der Waals surface area contributed by atoms with Gasteiger partial charge in [0.05, 0.1) is 9.48 Å². The first-order valence-corrected chi connectivity index (χ1v) is 6.78. The van der Waals surface area contributed by atoms with Crippen molar-refractivity contribution in [2.24, 2.45) is 0 Å². The fourth-order valence-electron chi connectivity index (χ4n) is 1.55. The quantitative estimate of drug-likeness (QED) is 0.939. The number of halogens is 1. The van der Waals surface area contributed by atoms with Gasteiger partial charge in [0.2, 0.25) is 0 Å². The third kappa shape index (κ3) is 2.62. The van der Waals surface area contributed by atoms with Crippen molar-refractivity contribution >= 4 is 32.4 Å². The molecule has 2 rings (SSSR count). The Bertz CT molecular complexity index is 476. The molecule has 4 heteroatoms. The molecule has 0 saturated heterocycles. The second-order valence-electron chi connectivity index (χ2n) is 3.62. The Labute approximate surface area is 108 Å². The smallest absolute Gasteiger partial charge is 0.181 e. The van der Waals surface area contributed by atoms with Crippen molar-refractivity contribution in [1.82, 2.24) is 4.98 Å². The number of rotatable bonds is 3. The highest BCUT2D eigenvalue weighted by Gasteiger charge is 2.07. The fraction of sp³-hybridized carbons (Fsp3) is 0.250. The average Bonchev–Trinajstić information content (AvgIpc) is 2.59. The summed E-state index contributed by atoms with van der Waals surface area (Å²) in [4.78, 5) is 4.30. The molecule has 2 aromatic rings. The van der Waals surface area contributed by atoms with E-state index in [0.717, 1.165) is 22.3 Å². The maximum Gasteiger partial charge on any atom is 0.181 e. The van der Waals surface area contributed by atoms with Crippen LogP contribution in [0, 0.1) is 0 Å². The van der Waals surface area contributed by atoms with Crippen molar-refractivity contribution in [2.75, 3.05) is 5.73 Å². The lowest BCUT2D eigenvalue weighted by atomic mass is 10.1. The highest BCUT2D eigenvalue weighted by atomic mass is 79.9. The number of benzene rings is 1. The molecule has 0 amide bonds. The Kier molecular flexibility index (Phi) is 3.61. The van der Waals surface area contributed by atoms with E-state index in [1.165, 1.54) is 22.5 Å². The van der Waals surface area contributed by atoms with Crippen LogP contribution in [-0.4, -0.2) is 4.98 Å². The molecule has 1 aromatic carbocycles. The third-order valence-electron chi connectivity index (χ3n) is 2.47. The average molecular weight is 297 g/mol. The number of thiazole rings is 1. The van der Waals surface area contributed by atoms with E-state index in [4.69, 9.17) is 5.73 Å². The molecule has 84 valence electrons. The summed E-state index contributed by atoms with van der Waals surface area (Å²) in [6.07, 6.45) is 1.91. The van der Waals surface area contributed by atoms with E-state index in [0.29, 0.717) is 5.13 Å². The summed E-state index contributed by atoms with van der Waals surface area (Å²) >= 11 is 4.96. The lowest BCUT2D eigenvalue weighted by Gasteiger charge is -2.01. The molecular formula is C12H13BrN2S. The monoisotopic (exact) mass is 296 g/mol. The number of hydrogen-bond donors (Lipinski definition) is 1. The molecule has 1 heterocycles. The Morgan fingerprint density at radius 3 is 2.38 bits per heavy atom. The van der Waals surface area contributed by atoms with E-state index >= 15 is 0 Å². The van der Waals surface area contributed by atoms with Gasteiger partial charge in [-0.05, 0) is 33.5 Å². The predicted octanol–water partition coefficient (Wildman–Crippen LogP) is 3.64. The van der Waals surface area contributed by atoms with Crippen LogP contribution < -0.4 is 5.73 Å². The summed E-state index contributed by atoms with van der Waals surface area (Å²) in [5.41, 5.74) is 9.30. The van der Waals surface area contributed by atoms with Crippen molar-refractivity contribution in [3.63, 3.8) is 0 Å².